The predicted octanol–water partition coefficient (Wildman–Crippen LogP) is 4.04. The Morgan fingerprint density at radius 2 is 1.90 bits per heavy atom. The Bertz CT molecular complexity index is 646. The van der Waals surface area contributed by atoms with Gasteiger partial charge in [-0.3, -0.25) is 0 Å². The average molecular weight is 351 g/mol. The molecule has 0 bridgehead atoms. The van der Waals surface area contributed by atoms with Crippen LogP contribution < -0.4 is 15.4 Å². The number of aromatic nitrogens is 2. The molecule has 0 aliphatic rings. The number of methoxy groups -OCH3 is 1. The predicted molar refractivity (Wildman–Crippen MR) is 89.6 cm³/mol. The molecule has 0 atom stereocenters. The fourth-order valence-electron chi connectivity index (χ4n) is 2.00. The molecule has 6 heteroatoms. The largest absolute Gasteiger partial charge is 0.495 e. The maximum absolute atomic E-state index is 5.38. The number of hydrogen-bond donors (Lipinski definition) is 2. The molecule has 0 radical (unpaired) electrons. The minimum Gasteiger partial charge on any atom is -0.495 e. The molecule has 5 nitrogen and oxygen atoms in total. The van der Waals surface area contributed by atoms with Crippen molar-refractivity contribution < 1.29 is 4.74 Å². The van der Waals surface area contributed by atoms with Crippen molar-refractivity contribution in [1.29, 1.82) is 0 Å². The van der Waals surface area contributed by atoms with Gasteiger partial charge < -0.3 is 15.4 Å². The number of ether oxygens (including phenoxy) is 1. The first-order valence-corrected chi connectivity index (χ1v) is 7.54. The number of aryl methyl sites for hydroxylation is 1. The molecule has 21 heavy (non-hydrogen) atoms. The van der Waals surface area contributed by atoms with Gasteiger partial charge in [0.05, 0.1) is 12.8 Å². The van der Waals surface area contributed by atoms with E-state index in [1.165, 1.54) is 0 Å². The van der Waals surface area contributed by atoms with Gasteiger partial charge in [-0.05, 0) is 39.0 Å². The first-order valence-electron chi connectivity index (χ1n) is 6.74. The third-order valence-electron chi connectivity index (χ3n) is 3.02. The van der Waals surface area contributed by atoms with E-state index in [4.69, 9.17) is 4.74 Å². The first kappa shape index (κ1) is 15.6. The molecule has 1 aromatic heterocycles. The number of halogens is 1. The number of nitrogens with zero attached hydrogens (tertiary/aromatic N) is 2. The molecule has 0 fully saturated rings. The van der Waals surface area contributed by atoms with Crippen molar-refractivity contribution in [2.75, 3.05) is 24.3 Å². The molecular weight excluding hydrogens is 332 g/mol. The second kappa shape index (κ2) is 6.76. The van der Waals surface area contributed by atoms with Crippen LogP contribution in [-0.2, 0) is 0 Å². The summed E-state index contributed by atoms with van der Waals surface area (Å²) in [6.07, 6.45) is 0. The highest BCUT2D eigenvalue weighted by molar-refractivity contribution is 9.10. The zero-order valence-corrected chi connectivity index (χ0v) is 14.2. The summed E-state index contributed by atoms with van der Waals surface area (Å²) in [5.74, 6) is 3.10. The number of benzene rings is 1. The molecule has 0 saturated carbocycles. The molecule has 0 spiro atoms. The average Bonchev–Trinajstić information content (AvgIpc) is 2.44. The monoisotopic (exact) mass is 350 g/mol. The fourth-order valence-corrected chi connectivity index (χ4v) is 2.36. The van der Waals surface area contributed by atoms with Crippen molar-refractivity contribution in [1.82, 2.24) is 9.97 Å². The van der Waals surface area contributed by atoms with E-state index in [0.717, 1.165) is 39.7 Å². The summed E-state index contributed by atoms with van der Waals surface area (Å²) in [6.45, 7) is 6.73. The Morgan fingerprint density at radius 1 is 1.19 bits per heavy atom. The van der Waals surface area contributed by atoms with Crippen molar-refractivity contribution in [3.05, 3.63) is 34.1 Å². The van der Waals surface area contributed by atoms with Crippen LogP contribution in [0.4, 0.5) is 17.3 Å². The van der Waals surface area contributed by atoms with E-state index >= 15 is 0 Å². The number of hydrogen-bond acceptors (Lipinski definition) is 5. The maximum Gasteiger partial charge on any atom is 0.142 e. The summed E-state index contributed by atoms with van der Waals surface area (Å²) in [7, 11) is 1.65. The molecular formula is C15H19BrN4O. The summed E-state index contributed by atoms with van der Waals surface area (Å²) < 4.78 is 6.35. The number of anilines is 3. The quantitative estimate of drug-likeness (QED) is 0.851. The van der Waals surface area contributed by atoms with Crippen molar-refractivity contribution >= 4 is 33.3 Å². The van der Waals surface area contributed by atoms with E-state index in [0.29, 0.717) is 5.82 Å². The lowest BCUT2D eigenvalue weighted by molar-refractivity contribution is 0.416. The van der Waals surface area contributed by atoms with Crippen LogP contribution in [0.5, 0.6) is 5.75 Å². The minimum atomic E-state index is 0.716. The van der Waals surface area contributed by atoms with Crippen molar-refractivity contribution in [2.24, 2.45) is 0 Å². The maximum atomic E-state index is 5.38. The van der Waals surface area contributed by atoms with Gasteiger partial charge in [0.15, 0.2) is 0 Å². The summed E-state index contributed by atoms with van der Waals surface area (Å²) in [6, 6.07) is 5.80. The van der Waals surface area contributed by atoms with Crippen molar-refractivity contribution in [2.45, 2.75) is 20.8 Å². The van der Waals surface area contributed by atoms with Gasteiger partial charge in [-0.1, -0.05) is 15.9 Å². The van der Waals surface area contributed by atoms with Gasteiger partial charge in [0.2, 0.25) is 0 Å². The SMILES string of the molecule is CCNc1nc(C)nc(Nc2cc(Br)ccc2OC)c1C. The Kier molecular flexibility index (Phi) is 5.01. The topological polar surface area (TPSA) is 59.1 Å². The lowest BCUT2D eigenvalue weighted by Gasteiger charge is -2.15. The Balaban J connectivity index is 2.42. The first-order chi connectivity index (χ1) is 10.0. The third-order valence-corrected chi connectivity index (χ3v) is 3.51. The van der Waals surface area contributed by atoms with E-state index in [1.807, 2.05) is 39.0 Å². The van der Waals surface area contributed by atoms with Crippen LogP contribution in [0.25, 0.3) is 0 Å². The van der Waals surface area contributed by atoms with E-state index in [9.17, 15) is 0 Å². The van der Waals surface area contributed by atoms with E-state index in [-0.39, 0.29) is 0 Å². The van der Waals surface area contributed by atoms with Crippen LogP contribution in [0.15, 0.2) is 22.7 Å². The van der Waals surface area contributed by atoms with Crippen molar-refractivity contribution in [3.63, 3.8) is 0 Å². The standard InChI is InChI=1S/C15H19BrN4O/c1-5-17-14-9(2)15(19-10(3)18-14)20-12-8-11(16)6-7-13(12)21-4/h6-8H,5H2,1-4H3,(H2,17,18,19,20). The zero-order valence-electron chi connectivity index (χ0n) is 12.6. The second-order valence-corrected chi connectivity index (χ2v) is 5.51. The van der Waals surface area contributed by atoms with Crippen LogP contribution in [0.3, 0.4) is 0 Å². The van der Waals surface area contributed by atoms with Crippen LogP contribution in [0.2, 0.25) is 0 Å². The van der Waals surface area contributed by atoms with E-state index in [2.05, 4.69) is 36.5 Å². The zero-order chi connectivity index (χ0) is 15.4. The Labute approximate surface area is 133 Å². The number of rotatable bonds is 5. The molecule has 2 aromatic rings. The highest BCUT2D eigenvalue weighted by Crippen LogP contribution is 2.32. The third kappa shape index (κ3) is 3.64. The van der Waals surface area contributed by atoms with Crippen LogP contribution >= 0.6 is 15.9 Å². The summed E-state index contributed by atoms with van der Waals surface area (Å²) in [4.78, 5) is 8.91. The van der Waals surface area contributed by atoms with Gasteiger partial charge in [-0.2, -0.15) is 0 Å². The molecule has 0 aliphatic carbocycles. The van der Waals surface area contributed by atoms with Gasteiger partial charge in [0, 0.05) is 16.6 Å². The van der Waals surface area contributed by atoms with Crippen LogP contribution in [0, 0.1) is 13.8 Å². The molecule has 1 heterocycles. The fraction of sp³-hybridized carbons (Fsp3) is 0.333. The highest BCUT2D eigenvalue weighted by atomic mass is 79.9. The lowest BCUT2D eigenvalue weighted by Crippen LogP contribution is -2.08. The Hall–Kier alpha value is -1.82. The molecule has 1 aromatic carbocycles. The van der Waals surface area contributed by atoms with Gasteiger partial charge in [-0.15, -0.1) is 0 Å². The molecule has 112 valence electrons. The van der Waals surface area contributed by atoms with Gasteiger partial charge in [0.25, 0.3) is 0 Å². The molecule has 2 N–H and O–H groups in total. The molecule has 0 unspecified atom stereocenters. The van der Waals surface area contributed by atoms with Gasteiger partial charge in [0.1, 0.15) is 23.2 Å². The molecule has 0 aliphatic heterocycles. The summed E-state index contributed by atoms with van der Waals surface area (Å²) in [5, 5.41) is 6.58. The van der Waals surface area contributed by atoms with Crippen LogP contribution in [0.1, 0.15) is 18.3 Å². The summed E-state index contributed by atoms with van der Waals surface area (Å²) >= 11 is 3.47. The normalized spacial score (nSPS) is 10.3. The van der Waals surface area contributed by atoms with Crippen LogP contribution in [-0.4, -0.2) is 23.6 Å². The molecule has 0 amide bonds. The van der Waals surface area contributed by atoms with E-state index < -0.39 is 0 Å². The van der Waals surface area contributed by atoms with Gasteiger partial charge in [-0.25, -0.2) is 9.97 Å². The molecule has 0 saturated heterocycles. The highest BCUT2D eigenvalue weighted by Gasteiger charge is 2.11. The summed E-state index contributed by atoms with van der Waals surface area (Å²) in [5.41, 5.74) is 1.83. The molecule has 2 rings (SSSR count). The Morgan fingerprint density at radius 3 is 2.57 bits per heavy atom. The van der Waals surface area contributed by atoms with Gasteiger partial charge >= 0.3 is 0 Å². The lowest BCUT2D eigenvalue weighted by atomic mass is 10.2. The number of nitrogens with one attached hydrogen (secondary N) is 2. The van der Waals surface area contributed by atoms with Crippen molar-refractivity contribution in [3.8, 4) is 5.75 Å². The second-order valence-electron chi connectivity index (χ2n) is 4.59. The van der Waals surface area contributed by atoms with E-state index in [1.54, 1.807) is 7.11 Å². The smallest absolute Gasteiger partial charge is 0.142 e. The minimum absolute atomic E-state index is 0.716.